The normalized spacial score (nSPS) is 11.2. The lowest BCUT2D eigenvalue weighted by molar-refractivity contribution is 1.08. The van der Waals surface area contributed by atoms with Gasteiger partial charge in [0.15, 0.2) is 11.5 Å². The molecule has 0 unspecified atom stereocenters. The molecule has 0 aliphatic heterocycles. The van der Waals surface area contributed by atoms with Crippen LogP contribution in [0.3, 0.4) is 0 Å². The molecule has 0 amide bonds. The SMILES string of the molecule is Clc1cccc(Nc2ncnc3n[nH]c(N=Cc4ccncc4)c23)c1. The summed E-state index contributed by atoms with van der Waals surface area (Å²) in [5, 5.41) is 11.6. The average molecular weight is 350 g/mol. The monoisotopic (exact) mass is 349 g/mol. The van der Waals surface area contributed by atoms with Gasteiger partial charge in [0.1, 0.15) is 17.5 Å². The number of aromatic amines is 1. The van der Waals surface area contributed by atoms with Crippen LogP contribution >= 0.6 is 11.6 Å². The number of nitrogens with zero attached hydrogens (tertiary/aromatic N) is 5. The number of hydrogen-bond donors (Lipinski definition) is 2. The predicted octanol–water partition coefficient (Wildman–Crippen LogP) is 3.90. The van der Waals surface area contributed by atoms with Crippen LogP contribution < -0.4 is 5.32 Å². The molecule has 0 aliphatic rings. The average Bonchev–Trinajstić information content (AvgIpc) is 3.05. The van der Waals surface area contributed by atoms with Crippen molar-refractivity contribution in [3.05, 3.63) is 65.7 Å². The molecular weight excluding hydrogens is 338 g/mol. The number of H-pyrrole nitrogens is 1. The van der Waals surface area contributed by atoms with Gasteiger partial charge in [0.05, 0.1) is 0 Å². The lowest BCUT2D eigenvalue weighted by atomic mass is 10.3. The third-order valence-electron chi connectivity index (χ3n) is 3.47. The van der Waals surface area contributed by atoms with Crippen LogP contribution in [0.1, 0.15) is 5.56 Å². The number of benzene rings is 1. The Kier molecular flexibility index (Phi) is 4.05. The maximum absolute atomic E-state index is 6.04. The van der Waals surface area contributed by atoms with Crippen molar-refractivity contribution in [1.82, 2.24) is 25.1 Å². The van der Waals surface area contributed by atoms with E-state index in [9.17, 15) is 0 Å². The lowest BCUT2D eigenvalue weighted by Gasteiger charge is -2.06. The number of hydrogen-bond acceptors (Lipinski definition) is 6. The van der Waals surface area contributed by atoms with E-state index in [1.165, 1.54) is 6.33 Å². The largest absolute Gasteiger partial charge is 0.339 e. The number of fused-ring (bicyclic) bond motifs is 1. The summed E-state index contributed by atoms with van der Waals surface area (Å²) in [6.45, 7) is 0. The topological polar surface area (TPSA) is 91.7 Å². The van der Waals surface area contributed by atoms with Crippen LogP contribution in [0.4, 0.5) is 17.3 Å². The first-order valence-electron chi connectivity index (χ1n) is 7.45. The molecule has 25 heavy (non-hydrogen) atoms. The van der Waals surface area contributed by atoms with Gasteiger partial charge >= 0.3 is 0 Å². The molecule has 0 atom stereocenters. The Morgan fingerprint density at radius 3 is 2.84 bits per heavy atom. The van der Waals surface area contributed by atoms with Gasteiger partial charge in [0.2, 0.25) is 0 Å². The Hall–Kier alpha value is -3.32. The third kappa shape index (κ3) is 3.31. The van der Waals surface area contributed by atoms with E-state index in [1.54, 1.807) is 18.6 Å². The number of anilines is 2. The molecule has 0 fully saturated rings. The molecule has 122 valence electrons. The summed E-state index contributed by atoms with van der Waals surface area (Å²) in [5.74, 6) is 1.17. The summed E-state index contributed by atoms with van der Waals surface area (Å²) in [7, 11) is 0. The molecule has 0 bridgehead atoms. The highest BCUT2D eigenvalue weighted by atomic mass is 35.5. The first-order valence-corrected chi connectivity index (χ1v) is 7.83. The first kappa shape index (κ1) is 15.2. The number of halogens is 1. The fourth-order valence-electron chi connectivity index (χ4n) is 2.32. The third-order valence-corrected chi connectivity index (χ3v) is 3.70. The number of aromatic nitrogens is 5. The van der Waals surface area contributed by atoms with Crippen molar-refractivity contribution >= 4 is 46.2 Å². The Morgan fingerprint density at radius 1 is 1.12 bits per heavy atom. The van der Waals surface area contributed by atoms with E-state index in [2.05, 4.69) is 35.5 Å². The minimum absolute atomic E-state index is 0.529. The van der Waals surface area contributed by atoms with E-state index in [4.69, 9.17) is 11.6 Å². The summed E-state index contributed by atoms with van der Waals surface area (Å²) in [5.41, 5.74) is 2.28. The second-order valence-electron chi connectivity index (χ2n) is 5.17. The highest BCUT2D eigenvalue weighted by Gasteiger charge is 2.12. The van der Waals surface area contributed by atoms with E-state index in [1.807, 2.05) is 36.4 Å². The molecule has 4 rings (SSSR count). The maximum Gasteiger partial charge on any atom is 0.188 e. The van der Waals surface area contributed by atoms with Crippen LogP contribution in [0.2, 0.25) is 5.02 Å². The van der Waals surface area contributed by atoms with Crippen molar-refractivity contribution in [1.29, 1.82) is 0 Å². The fraction of sp³-hybridized carbons (Fsp3) is 0. The molecule has 0 saturated heterocycles. The van der Waals surface area contributed by atoms with Crippen molar-refractivity contribution < 1.29 is 0 Å². The van der Waals surface area contributed by atoms with Gasteiger partial charge in [0.25, 0.3) is 0 Å². The zero-order valence-electron chi connectivity index (χ0n) is 12.9. The van der Waals surface area contributed by atoms with Crippen molar-refractivity contribution in [2.45, 2.75) is 0 Å². The minimum Gasteiger partial charge on any atom is -0.339 e. The van der Waals surface area contributed by atoms with Gasteiger partial charge in [-0.3, -0.25) is 10.1 Å². The minimum atomic E-state index is 0.529. The zero-order valence-corrected chi connectivity index (χ0v) is 13.6. The molecule has 1 aromatic carbocycles. The van der Waals surface area contributed by atoms with Crippen molar-refractivity contribution in [3.63, 3.8) is 0 Å². The fourth-order valence-corrected chi connectivity index (χ4v) is 2.51. The number of pyridine rings is 1. The molecule has 0 aliphatic carbocycles. The quantitative estimate of drug-likeness (QED) is 0.545. The Balaban J connectivity index is 1.73. The molecule has 3 heterocycles. The van der Waals surface area contributed by atoms with Crippen LogP contribution in [0.25, 0.3) is 11.0 Å². The smallest absolute Gasteiger partial charge is 0.188 e. The van der Waals surface area contributed by atoms with Gasteiger partial charge in [0, 0.05) is 29.3 Å². The van der Waals surface area contributed by atoms with Crippen molar-refractivity contribution in [2.75, 3.05) is 5.32 Å². The zero-order chi connectivity index (χ0) is 17.1. The first-order chi connectivity index (χ1) is 12.3. The molecule has 0 spiro atoms. The number of nitrogens with one attached hydrogen (secondary N) is 2. The predicted molar refractivity (Wildman–Crippen MR) is 97.9 cm³/mol. The second-order valence-corrected chi connectivity index (χ2v) is 5.60. The van der Waals surface area contributed by atoms with Gasteiger partial charge in [-0.05, 0) is 35.9 Å². The highest BCUT2D eigenvalue weighted by molar-refractivity contribution is 6.30. The summed E-state index contributed by atoms with van der Waals surface area (Å²) in [4.78, 5) is 16.9. The van der Waals surface area contributed by atoms with Gasteiger partial charge < -0.3 is 5.32 Å². The van der Waals surface area contributed by atoms with Crippen LogP contribution in [0.15, 0.2) is 60.1 Å². The summed E-state index contributed by atoms with van der Waals surface area (Å²) >= 11 is 6.04. The lowest BCUT2D eigenvalue weighted by Crippen LogP contribution is -1.95. The Morgan fingerprint density at radius 2 is 2.00 bits per heavy atom. The van der Waals surface area contributed by atoms with Crippen LogP contribution in [-0.4, -0.2) is 31.4 Å². The van der Waals surface area contributed by atoms with Crippen LogP contribution in [0, 0.1) is 0 Å². The second kappa shape index (κ2) is 6.66. The summed E-state index contributed by atoms with van der Waals surface area (Å²) < 4.78 is 0. The summed E-state index contributed by atoms with van der Waals surface area (Å²) in [6.07, 6.45) is 6.60. The van der Waals surface area contributed by atoms with Crippen LogP contribution in [-0.2, 0) is 0 Å². The molecule has 0 radical (unpaired) electrons. The van der Waals surface area contributed by atoms with Crippen molar-refractivity contribution in [2.24, 2.45) is 4.99 Å². The molecule has 3 aromatic heterocycles. The van der Waals surface area contributed by atoms with E-state index in [-0.39, 0.29) is 0 Å². The molecule has 7 nitrogen and oxygen atoms in total. The maximum atomic E-state index is 6.04. The molecule has 2 N–H and O–H groups in total. The number of aliphatic imine (C=N–C) groups is 1. The van der Waals surface area contributed by atoms with Gasteiger partial charge in [-0.1, -0.05) is 17.7 Å². The van der Waals surface area contributed by atoms with Crippen molar-refractivity contribution in [3.8, 4) is 0 Å². The molecule has 4 aromatic rings. The molecule has 0 saturated carbocycles. The van der Waals surface area contributed by atoms with E-state index < -0.39 is 0 Å². The van der Waals surface area contributed by atoms with E-state index in [0.29, 0.717) is 27.7 Å². The molecule has 8 heteroatoms. The Bertz CT molecular complexity index is 1040. The van der Waals surface area contributed by atoms with Gasteiger partial charge in [-0.25, -0.2) is 15.0 Å². The molecular formula is C17H12ClN7. The standard InChI is InChI=1S/C17H12ClN7/c18-12-2-1-3-13(8-12)23-15-14-16(24-25-17(14)22-10-21-15)20-9-11-4-6-19-7-5-11/h1-10H,(H2,21,22,23,24,25). The van der Waals surface area contributed by atoms with Gasteiger partial charge in [-0.15, -0.1) is 0 Å². The summed E-state index contributed by atoms with van der Waals surface area (Å²) in [6, 6.07) is 11.1. The van der Waals surface area contributed by atoms with Crippen LogP contribution in [0.5, 0.6) is 0 Å². The highest BCUT2D eigenvalue weighted by Crippen LogP contribution is 2.30. The van der Waals surface area contributed by atoms with Gasteiger partial charge in [-0.2, -0.15) is 5.10 Å². The number of rotatable bonds is 4. The Labute approximate surface area is 147 Å². The van der Waals surface area contributed by atoms with E-state index >= 15 is 0 Å². The van der Waals surface area contributed by atoms with E-state index in [0.717, 1.165) is 11.3 Å².